The van der Waals surface area contributed by atoms with Crippen LogP contribution < -0.4 is 10.1 Å². The van der Waals surface area contributed by atoms with Gasteiger partial charge in [-0.3, -0.25) is 4.79 Å². The zero-order chi connectivity index (χ0) is 17.1. The molecule has 0 bridgehead atoms. The Morgan fingerprint density at radius 3 is 2.67 bits per heavy atom. The third-order valence-electron chi connectivity index (χ3n) is 3.83. The Bertz CT molecular complexity index is 905. The van der Waals surface area contributed by atoms with Crippen LogP contribution in [0.15, 0.2) is 59.1 Å². The fourth-order valence-electron chi connectivity index (χ4n) is 2.68. The summed E-state index contributed by atoms with van der Waals surface area (Å²) < 4.78 is 6.69. The zero-order valence-electron chi connectivity index (χ0n) is 13.6. The number of carbonyl (C=O) groups excluding carboxylic acids is 1. The SMILES string of the molecule is CCOc1ccc2ccccc2c1C(=O)Nc1ccc(Br)c(C)c1. The number of fused-ring (bicyclic) bond motifs is 1. The van der Waals surface area contributed by atoms with Gasteiger partial charge in [0.2, 0.25) is 0 Å². The molecule has 0 aromatic heterocycles. The van der Waals surface area contributed by atoms with Crippen molar-refractivity contribution in [2.75, 3.05) is 11.9 Å². The Labute approximate surface area is 149 Å². The minimum atomic E-state index is -0.169. The van der Waals surface area contributed by atoms with E-state index in [-0.39, 0.29) is 5.91 Å². The first kappa shape index (κ1) is 16.5. The molecule has 3 nitrogen and oxygen atoms in total. The van der Waals surface area contributed by atoms with Gasteiger partial charge in [-0.05, 0) is 54.4 Å². The van der Waals surface area contributed by atoms with E-state index in [1.165, 1.54) is 0 Å². The van der Waals surface area contributed by atoms with Crippen molar-refractivity contribution in [1.82, 2.24) is 0 Å². The first-order valence-corrected chi connectivity index (χ1v) is 8.61. The molecule has 1 N–H and O–H groups in total. The molecule has 0 saturated carbocycles. The van der Waals surface area contributed by atoms with Crippen molar-refractivity contribution >= 4 is 38.3 Å². The van der Waals surface area contributed by atoms with Crippen LogP contribution >= 0.6 is 15.9 Å². The van der Waals surface area contributed by atoms with Crippen molar-refractivity contribution in [3.63, 3.8) is 0 Å². The van der Waals surface area contributed by atoms with Crippen LogP contribution in [-0.4, -0.2) is 12.5 Å². The summed E-state index contributed by atoms with van der Waals surface area (Å²) in [6.07, 6.45) is 0. The van der Waals surface area contributed by atoms with Gasteiger partial charge in [-0.2, -0.15) is 0 Å². The van der Waals surface area contributed by atoms with E-state index >= 15 is 0 Å². The standard InChI is InChI=1S/C20H18BrNO2/c1-3-24-18-11-8-14-6-4-5-7-16(14)19(18)20(23)22-15-9-10-17(21)13(2)12-15/h4-12H,3H2,1-2H3,(H,22,23). The summed E-state index contributed by atoms with van der Waals surface area (Å²) in [5, 5.41) is 4.87. The number of carbonyl (C=O) groups is 1. The summed E-state index contributed by atoms with van der Waals surface area (Å²) in [5.41, 5.74) is 2.39. The third kappa shape index (κ3) is 3.29. The molecule has 24 heavy (non-hydrogen) atoms. The normalized spacial score (nSPS) is 10.6. The summed E-state index contributed by atoms with van der Waals surface area (Å²) in [5.74, 6) is 0.430. The summed E-state index contributed by atoms with van der Waals surface area (Å²) in [6, 6.07) is 17.4. The highest BCUT2D eigenvalue weighted by molar-refractivity contribution is 9.10. The molecule has 0 fully saturated rings. The van der Waals surface area contributed by atoms with Crippen molar-refractivity contribution in [3.05, 3.63) is 70.2 Å². The highest BCUT2D eigenvalue weighted by Crippen LogP contribution is 2.29. The lowest BCUT2D eigenvalue weighted by Gasteiger charge is -2.14. The molecule has 0 spiro atoms. The number of rotatable bonds is 4. The van der Waals surface area contributed by atoms with E-state index in [4.69, 9.17) is 4.74 Å². The summed E-state index contributed by atoms with van der Waals surface area (Å²) in [6.45, 7) is 4.41. The highest BCUT2D eigenvalue weighted by atomic mass is 79.9. The van der Waals surface area contributed by atoms with Crippen LogP contribution in [0, 0.1) is 6.92 Å². The molecule has 1 amide bonds. The molecule has 0 aliphatic heterocycles. The second kappa shape index (κ2) is 7.05. The molecule has 3 rings (SSSR count). The van der Waals surface area contributed by atoms with Crippen molar-refractivity contribution in [1.29, 1.82) is 0 Å². The second-order valence-corrected chi connectivity index (χ2v) is 6.37. The number of nitrogens with one attached hydrogen (secondary N) is 1. The molecule has 0 heterocycles. The smallest absolute Gasteiger partial charge is 0.260 e. The van der Waals surface area contributed by atoms with Crippen LogP contribution in [0.25, 0.3) is 10.8 Å². The summed E-state index contributed by atoms with van der Waals surface area (Å²) >= 11 is 3.47. The van der Waals surface area contributed by atoms with Crippen molar-refractivity contribution in [2.24, 2.45) is 0 Å². The largest absolute Gasteiger partial charge is 0.493 e. The van der Waals surface area contributed by atoms with E-state index in [1.807, 2.05) is 68.4 Å². The molecule has 3 aromatic carbocycles. The van der Waals surface area contributed by atoms with Crippen molar-refractivity contribution in [3.8, 4) is 5.75 Å². The molecule has 0 unspecified atom stereocenters. The first-order valence-electron chi connectivity index (χ1n) is 7.82. The van der Waals surface area contributed by atoms with Gasteiger partial charge in [-0.15, -0.1) is 0 Å². The van der Waals surface area contributed by atoms with E-state index in [0.29, 0.717) is 17.9 Å². The van der Waals surface area contributed by atoms with Gasteiger partial charge < -0.3 is 10.1 Å². The number of ether oxygens (including phenoxy) is 1. The number of anilines is 1. The van der Waals surface area contributed by atoms with E-state index in [1.54, 1.807) is 0 Å². The summed E-state index contributed by atoms with van der Waals surface area (Å²) in [4.78, 5) is 12.9. The molecule has 0 aliphatic carbocycles. The minimum absolute atomic E-state index is 0.169. The maximum atomic E-state index is 12.9. The number of halogens is 1. The number of hydrogen-bond acceptors (Lipinski definition) is 2. The Morgan fingerprint density at radius 2 is 1.92 bits per heavy atom. The van der Waals surface area contributed by atoms with Crippen LogP contribution in [-0.2, 0) is 0 Å². The number of hydrogen-bond donors (Lipinski definition) is 1. The average molecular weight is 384 g/mol. The molecule has 4 heteroatoms. The van der Waals surface area contributed by atoms with Crippen LogP contribution in [0.4, 0.5) is 5.69 Å². The third-order valence-corrected chi connectivity index (χ3v) is 4.72. The van der Waals surface area contributed by atoms with Gasteiger partial charge >= 0.3 is 0 Å². The van der Waals surface area contributed by atoms with E-state index in [9.17, 15) is 4.79 Å². The fraction of sp³-hybridized carbons (Fsp3) is 0.150. The van der Waals surface area contributed by atoms with Crippen LogP contribution in [0.3, 0.4) is 0 Å². The van der Waals surface area contributed by atoms with E-state index in [2.05, 4.69) is 21.2 Å². The average Bonchev–Trinajstić information content (AvgIpc) is 2.58. The predicted molar refractivity (Wildman–Crippen MR) is 102 cm³/mol. The quantitative estimate of drug-likeness (QED) is 0.640. The lowest BCUT2D eigenvalue weighted by molar-refractivity contribution is 0.102. The zero-order valence-corrected chi connectivity index (χ0v) is 15.2. The number of amides is 1. The molecule has 0 aliphatic rings. The van der Waals surface area contributed by atoms with Gasteiger partial charge in [-0.1, -0.05) is 46.3 Å². The maximum Gasteiger partial charge on any atom is 0.260 e. The second-order valence-electron chi connectivity index (χ2n) is 5.51. The van der Waals surface area contributed by atoms with E-state index < -0.39 is 0 Å². The Morgan fingerprint density at radius 1 is 1.12 bits per heavy atom. The van der Waals surface area contributed by atoms with Gasteiger partial charge in [0.05, 0.1) is 12.2 Å². The Kier molecular flexibility index (Phi) is 4.86. The molecule has 122 valence electrons. The van der Waals surface area contributed by atoms with Gasteiger partial charge in [0.1, 0.15) is 5.75 Å². The maximum absolute atomic E-state index is 12.9. The Hall–Kier alpha value is -2.33. The molecule has 0 saturated heterocycles. The van der Waals surface area contributed by atoms with Crippen molar-refractivity contribution in [2.45, 2.75) is 13.8 Å². The predicted octanol–water partition coefficient (Wildman–Crippen LogP) is 5.56. The molecule has 3 aromatic rings. The van der Waals surface area contributed by atoms with Gasteiger partial charge in [0.25, 0.3) is 5.91 Å². The van der Waals surface area contributed by atoms with Crippen LogP contribution in [0.1, 0.15) is 22.8 Å². The lowest BCUT2D eigenvalue weighted by Crippen LogP contribution is -2.14. The minimum Gasteiger partial charge on any atom is -0.493 e. The van der Waals surface area contributed by atoms with Gasteiger partial charge in [-0.25, -0.2) is 0 Å². The Balaban J connectivity index is 2.04. The fourth-order valence-corrected chi connectivity index (χ4v) is 2.92. The number of aryl methyl sites for hydroxylation is 1. The van der Waals surface area contributed by atoms with Crippen molar-refractivity contribution < 1.29 is 9.53 Å². The van der Waals surface area contributed by atoms with Gasteiger partial charge in [0.15, 0.2) is 0 Å². The molecular formula is C20H18BrNO2. The highest BCUT2D eigenvalue weighted by Gasteiger charge is 2.17. The molecule has 0 atom stereocenters. The van der Waals surface area contributed by atoms with Crippen LogP contribution in [0.2, 0.25) is 0 Å². The monoisotopic (exact) mass is 383 g/mol. The summed E-state index contributed by atoms with van der Waals surface area (Å²) in [7, 11) is 0. The molecule has 0 radical (unpaired) electrons. The first-order chi connectivity index (χ1) is 11.6. The topological polar surface area (TPSA) is 38.3 Å². The lowest BCUT2D eigenvalue weighted by atomic mass is 10.0. The van der Waals surface area contributed by atoms with Gasteiger partial charge in [0, 0.05) is 10.2 Å². The van der Waals surface area contributed by atoms with E-state index in [0.717, 1.165) is 26.5 Å². The molecular weight excluding hydrogens is 366 g/mol. The van der Waals surface area contributed by atoms with Crippen LogP contribution in [0.5, 0.6) is 5.75 Å². The number of benzene rings is 3.